The van der Waals surface area contributed by atoms with Gasteiger partial charge in [0.2, 0.25) is 5.88 Å². The van der Waals surface area contributed by atoms with E-state index in [-0.39, 0.29) is 29.0 Å². The normalized spacial score (nSPS) is 15.1. The van der Waals surface area contributed by atoms with Gasteiger partial charge in [-0.25, -0.2) is 9.97 Å². The third-order valence-electron chi connectivity index (χ3n) is 4.30. The molecule has 0 aromatic carbocycles. The summed E-state index contributed by atoms with van der Waals surface area (Å²) >= 11 is 6.06. The van der Waals surface area contributed by atoms with E-state index >= 15 is 0 Å². The molecule has 134 valence electrons. The van der Waals surface area contributed by atoms with Crippen LogP contribution in [0.2, 0.25) is 5.15 Å². The quantitative estimate of drug-likeness (QED) is 0.818. The fourth-order valence-electron chi connectivity index (χ4n) is 2.70. The van der Waals surface area contributed by atoms with Crippen molar-refractivity contribution in [3.63, 3.8) is 0 Å². The maximum Gasteiger partial charge on any atom is 0.293 e. The first kappa shape index (κ1) is 17.7. The fourth-order valence-corrected chi connectivity index (χ4v) is 2.90. The Bertz CT molecular complexity index is 849. The average molecular weight is 365 g/mol. The highest BCUT2D eigenvalue weighted by Crippen LogP contribution is 2.33. The molecule has 1 aliphatic rings. The average Bonchev–Trinajstić information content (AvgIpc) is 3.39. The third kappa shape index (κ3) is 3.93. The lowest BCUT2D eigenvalue weighted by atomic mass is 10.2. The molecule has 1 saturated carbocycles. The number of pyridine rings is 1. The molecule has 0 spiro atoms. The Hall–Kier alpha value is -2.12. The Labute approximate surface area is 150 Å². The van der Waals surface area contributed by atoms with Crippen molar-refractivity contribution in [2.45, 2.75) is 39.3 Å². The van der Waals surface area contributed by atoms with Gasteiger partial charge in [0.25, 0.3) is 5.56 Å². The molecule has 25 heavy (non-hydrogen) atoms. The van der Waals surface area contributed by atoms with Crippen LogP contribution in [0.3, 0.4) is 0 Å². The highest BCUT2D eigenvalue weighted by molar-refractivity contribution is 6.29. The predicted octanol–water partition coefficient (Wildman–Crippen LogP) is 2.43. The summed E-state index contributed by atoms with van der Waals surface area (Å²) in [6, 6.07) is 1.84. The van der Waals surface area contributed by atoms with Crippen LogP contribution in [0.4, 0.5) is 11.5 Å². The van der Waals surface area contributed by atoms with E-state index in [0.29, 0.717) is 17.3 Å². The number of anilines is 2. The van der Waals surface area contributed by atoms with E-state index in [1.807, 2.05) is 19.9 Å². The van der Waals surface area contributed by atoms with Gasteiger partial charge in [-0.3, -0.25) is 4.79 Å². The minimum atomic E-state index is -0.546. The number of ether oxygens (including phenoxy) is 1. The summed E-state index contributed by atoms with van der Waals surface area (Å²) in [7, 11) is 1.56. The number of rotatable bonds is 6. The first-order valence-corrected chi connectivity index (χ1v) is 8.51. The number of aliphatic hydroxyl groups excluding tert-OH is 1. The minimum Gasteiger partial charge on any atom is -0.481 e. The van der Waals surface area contributed by atoms with Gasteiger partial charge in [-0.05, 0) is 38.7 Å². The molecule has 8 heteroatoms. The molecule has 0 bridgehead atoms. The summed E-state index contributed by atoms with van der Waals surface area (Å²) < 4.78 is 6.60. The largest absolute Gasteiger partial charge is 0.481 e. The number of methoxy groups -OCH3 is 1. The molecule has 1 unspecified atom stereocenters. The van der Waals surface area contributed by atoms with Gasteiger partial charge in [0.1, 0.15) is 5.15 Å². The number of nitrogens with zero attached hydrogens (tertiary/aromatic N) is 3. The molecular weight excluding hydrogens is 344 g/mol. The summed E-state index contributed by atoms with van der Waals surface area (Å²) in [6.45, 7) is 3.88. The highest BCUT2D eigenvalue weighted by Gasteiger charge is 2.30. The number of hydrogen-bond donors (Lipinski definition) is 2. The van der Waals surface area contributed by atoms with Crippen LogP contribution in [0.1, 0.15) is 24.1 Å². The first-order valence-electron chi connectivity index (χ1n) is 8.13. The second-order valence-electron chi connectivity index (χ2n) is 6.35. The topological polar surface area (TPSA) is 89.3 Å². The lowest BCUT2D eigenvalue weighted by molar-refractivity contribution is 0.130. The van der Waals surface area contributed by atoms with Crippen molar-refractivity contribution in [1.82, 2.24) is 14.5 Å². The Kier molecular flexibility index (Phi) is 4.96. The van der Waals surface area contributed by atoms with Gasteiger partial charge >= 0.3 is 0 Å². The van der Waals surface area contributed by atoms with Crippen molar-refractivity contribution in [1.29, 1.82) is 0 Å². The van der Waals surface area contributed by atoms with E-state index in [2.05, 4.69) is 15.3 Å². The van der Waals surface area contributed by atoms with Gasteiger partial charge in [0.15, 0.2) is 5.82 Å². The molecule has 0 amide bonds. The van der Waals surface area contributed by atoms with Gasteiger partial charge in [0.05, 0.1) is 31.1 Å². The van der Waals surface area contributed by atoms with E-state index in [0.717, 1.165) is 18.4 Å². The van der Waals surface area contributed by atoms with Gasteiger partial charge in [-0.2, -0.15) is 0 Å². The lowest BCUT2D eigenvalue weighted by Crippen LogP contribution is -2.29. The van der Waals surface area contributed by atoms with Crippen LogP contribution >= 0.6 is 11.6 Å². The van der Waals surface area contributed by atoms with Gasteiger partial charge in [-0.1, -0.05) is 11.6 Å². The molecule has 3 rings (SSSR count). The molecule has 2 heterocycles. The van der Waals surface area contributed by atoms with Crippen LogP contribution in [-0.4, -0.2) is 32.9 Å². The molecule has 0 aliphatic heterocycles. The molecule has 2 aromatic rings. The van der Waals surface area contributed by atoms with Crippen LogP contribution in [0.25, 0.3) is 0 Å². The van der Waals surface area contributed by atoms with E-state index in [9.17, 15) is 9.90 Å². The minimum absolute atomic E-state index is 0.102. The van der Waals surface area contributed by atoms with Gasteiger partial charge in [-0.15, -0.1) is 0 Å². The predicted molar refractivity (Wildman–Crippen MR) is 95.8 cm³/mol. The smallest absolute Gasteiger partial charge is 0.293 e. The van der Waals surface area contributed by atoms with Gasteiger partial charge < -0.3 is 19.7 Å². The van der Waals surface area contributed by atoms with Crippen LogP contribution in [0.5, 0.6) is 5.88 Å². The van der Waals surface area contributed by atoms with Crippen molar-refractivity contribution < 1.29 is 9.84 Å². The highest BCUT2D eigenvalue weighted by atomic mass is 35.5. The summed E-state index contributed by atoms with van der Waals surface area (Å²) in [4.78, 5) is 21.1. The second-order valence-corrected chi connectivity index (χ2v) is 6.73. The summed E-state index contributed by atoms with van der Waals surface area (Å²) in [5, 5.41) is 13.3. The molecule has 7 nitrogen and oxygen atoms in total. The van der Waals surface area contributed by atoms with Crippen molar-refractivity contribution in [2.75, 3.05) is 12.4 Å². The second kappa shape index (κ2) is 7.01. The lowest BCUT2D eigenvalue weighted by Gasteiger charge is -2.15. The molecule has 1 atom stereocenters. The van der Waals surface area contributed by atoms with Crippen molar-refractivity contribution in [2.24, 2.45) is 5.92 Å². The van der Waals surface area contributed by atoms with Crippen LogP contribution < -0.4 is 15.6 Å². The van der Waals surface area contributed by atoms with E-state index in [1.165, 1.54) is 10.8 Å². The number of nitrogens with one attached hydrogen (secondary N) is 1. The number of hydrogen-bond acceptors (Lipinski definition) is 6. The molecule has 2 N–H and O–H groups in total. The van der Waals surface area contributed by atoms with Crippen molar-refractivity contribution >= 4 is 23.1 Å². The monoisotopic (exact) mass is 364 g/mol. The molecule has 1 fully saturated rings. The summed E-state index contributed by atoms with van der Waals surface area (Å²) in [6.07, 6.45) is 2.90. The number of aryl methyl sites for hydroxylation is 2. The third-order valence-corrected chi connectivity index (χ3v) is 4.48. The number of halogens is 1. The zero-order chi connectivity index (χ0) is 18.1. The number of aliphatic hydroxyl groups is 1. The van der Waals surface area contributed by atoms with Crippen LogP contribution in [0.15, 0.2) is 17.1 Å². The Morgan fingerprint density at radius 1 is 1.44 bits per heavy atom. The maximum absolute atomic E-state index is 12.6. The maximum atomic E-state index is 12.6. The van der Waals surface area contributed by atoms with Gasteiger partial charge in [0, 0.05) is 11.8 Å². The molecule has 1 aliphatic carbocycles. The van der Waals surface area contributed by atoms with Crippen molar-refractivity contribution in [3.05, 3.63) is 39.0 Å². The van der Waals surface area contributed by atoms with Crippen LogP contribution in [0, 0.1) is 19.8 Å². The summed E-state index contributed by atoms with van der Waals surface area (Å²) in [5.41, 5.74) is 1.83. The fraction of sp³-hybridized carbons (Fsp3) is 0.471. The van der Waals surface area contributed by atoms with E-state index in [4.69, 9.17) is 16.3 Å². The SMILES string of the molecule is COc1nc(C)c(Nc2nc(Cl)cn(CC(O)C3CC3)c2=O)cc1C. The Morgan fingerprint density at radius 2 is 2.16 bits per heavy atom. The number of aromatic nitrogens is 3. The van der Waals surface area contributed by atoms with Crippen molar-refractivity contribution in [3.8, 4) is 5.88 Å². The molecule has 0 saturated heterocycles. The Morgan fingerprint density at radius 3 is 2.80 bits per heavy atom. The van der Waals surface area contributed by atoms with E-state index < -0.39 is 6.10 Å². The zero-order valence-electron chi connectivity index (χ0n) is 14.4. The standard InChI is InChI=1S/C17H21ClN4O3/c1-9-6-12(10(2)19-16(9)25-3)20-15-17(24)22(8-14(18)21-15)7-13(23)11-4-5-11/h6,8,11,13,23H,4-5,7H2,1-3H3,(H,20,21). The molecular formula is C17H21ClN4O3. The summed E-state index contributed by atoms with van der Waals surface area (Å²) in [5.74, 6) is 0.906. The molecule has 2 aromatic heterocycles. The first-order chi connectivity index (χ1) is 11.9. The zero-order valence-corrected chi connectivity index (χ0v) is 15.2. The van der Waals surface area contributed by atoms with Crippen LogP contribution in [-0.2, 0) is 6.54 Å². The Balaban J connectivity index is 1.91. The van der Waals surface area contributed by atoms with E-state index in [1.54, 1.807) is 7.11 Å². The molecule has 0 radical (unpaired) electrons.